The average molecular weight is 247 g/mol. The summed E-state index contributed by atoms with van der Waals surface area (Å²) >= 11 is 0. The normalized spacial score (nSPS) is 23.3. The van der Waals surface area contributed by atoms with Crippen LogP contribution < -0.4 is 10.1 Å². The maximum atomic E-state index is 6.23. The van der Waals surface area contributed by atoms with Gasteiger partial charge in [0.2, 0.25) is 0 Å². The van der Waals surface area contributed by atoms with Crippen LogP contribution in [-0.4, -0.2) is 18.7 Å². The molecule has 1 aromatic carbocycles. The first-order valence-corrected chi connectivity index (χ1v) is 7.18. The van der Waals surface area contributed by atoms with Crippen molar-refractivity contribution in [2.24, 2.45) is 0 Å². The van der Waals surface area contributed by atoms with Gasteiger partial charge in [0.15, 0.2) is 0 Å². The Morgan fingerprint density at radius 1 is 1.28 bits per heavy atom. The lowest BCUT2D eigenvalue weighted by atomic mass is 10.1. The summed E-state index contributed by atoms with van der Waals surface area (Å²) in [5.41, 5.74) is 2.59. The Balaban J connectivity index is 2.01. The van der Waals surface area contributed by atoms with Gasteiger partial charge in [0.1, 0.15) is 11.9 Å². The van der Waals surface area contributed by atoms with Gasteiger partial charge in [-0.25, -0.2) is 0 Å². The van der Waals surface area contributed by atoms with Crippen molar-refractivity contribution in [1.82, 2.24) is 5.32 Å². The molecular weight excluding hydrogens is 222 g/mol. The minimum atomic E-state index is 0.344. The molecule has 0 spiro atoms. The fourth-order valence-corrected chi connectivity index (χ4v) is 2.65. The van der Waals surface area contributed by atoms with Crippen LogP contribution in [-0.2, 0) is 0 Å². The summed E-state index contributed by atoms with van der Waals surface area (Å²) in [5.74, 6) is 1.06. The smallest absolute Gasteiger partial charge is 0.122 e. The van der Waals surface area contributed by atoms with Gasteiger partial charge < -0.3 is 10.1 Å². The van der Waals surface area contributed by atoms with Crippen LogP contribution in [0.4, 0.5) is 0 Å². The Labute approximate surface area is 111 Å². The minimum Gasteiger partial charge on any atom is -0.489 e. The summed E-state index contributed by atoms with van der Waals surface area (Å²) in [6.07, 6.45) is 5.23. The molecule has 1 saturated carbocycles. The molecule has 1 aromatic rings. The highest BCUT2D eigenvalue weighted by molar-refractivity contribution is 5.38. The van der Waals surface area contributed by atoms with Crippen LogP contribution in [0.5, 0.6) is 5.75 Å². The third kappa shape index (κ3) is 3.05. The lowest BCUT2D eigenvalue weighted by Crippen LogP contribution is -2.39. The van der Waals surface area contributed by atoms with E-state index in [0.29, 0.717) is 12.1 Å². The number of nitrogens with one attached hydrogen (secondary N) is 1. The van der Waals surface area contributed by atoms with E-state index in [0.717, 1.165) is 12.3 Å². The Hall–Kier alpha value is -1.02. The molecule has 18 heavy (non-hydrogen) atoms. The molecular formula is C16H25NO. The predicted molar refractivity (Wildman–Crippen MR) is 76.3 cm³/mol. The van der Waals surface area contributed by atoms with E-state index in [1.165, 1.54) is 36.8 Å². The quantitative estimate of drug-likeness (QED) is 0.858. The molecule has 1 aliphatic carbocycles. The molecule has 2 rings (SSSR count). The molecule has 2 atom stereocenters. The number of benzene rings is 1. The predicted octanol–water partition coefficient (Wildman–Crippen LogP) is 3.60. The molecule has 0 saturated heterocycles. The summed E-state index contributed by atoms with van der Waals surface area (Å²) in [6, 6.07) is 6.85. The van der Waals surface area contributed by atoms with Crippen molar-refractivity contribution < 1.29 is 4.74 Å². The first kappa shape index (κ1) is 13.4. The van der Waals surface area contributed by atoms with E-state index >= 15 is 0 Å². The average Bonchev–Trinajstić information content (AvgIpc) is 2.80. The fraction of sp³-hybridized carbons (Fsp3) is 0.625. The number of hydrogen-bond donors (Lipinski definition) is 1. The van der Waals surface area contributed by atoms with Crippen LogP contribution in [0.2, 0.25) is 0 Å². The lowest BCUT2D eigenvalue weighted by Gasteiger charge is -2.23. The Morgan fingerprint density at radius 2 is 2.11 bits per heavy atom. The zero-order chi connectivity index (χ0) is 13.0. The van der Waals surface area contributed by atoms with Crippen molar-refractivity contribution in [3.63, 3.8) is 0 Å². The van der Waals surface area contributed by atoms with Crippen LogP contribution in [0.3, 0.4) is 0 Å². The van der Waals surface area contributed by atoms with E-state index in [1.807, 2.05) is 0 Å². The second-order valence-corrected chi connectivity index (χ2v) is 5.35. The molecule has 1 N–H and O–H groups in total. The zero-order valence-electron chi connectivity index (χ0n) is 11.8. The standard InChI is InChI=1S/C16H25NO/c1-4-11-17-14-8-6-10-16(14)18-15-9-5-7-12(2)13(15)3/h5,7,9,14,16-17H,4,6,8,10-11H2,1-3H3. The van der Waals surface area contributed by atoms with Gasteiger partial charge in [0, 0.05) is 6.04 Å². The molecule has 1 aliphatic rings. The fourth-order valence-electron chi connectivity index (χ4n) is 2.65. The molecule has 0 aliphatic heterocycles. The van der Waals surface area contributed by atoms with Crippen LogP contribution in [0, 0.1) is 13.8 Å². The monoisotopic (exact) mass is 247 g/mol. The van der Waals surface area contributed by atoms with Crippen molar-refractivity contribution in [3.05, 3.63) is 29.3 Å². The van der Waals surface area contributed by atoms with Crippen molar-refractivity contribution in [2.75, 3.05) is 6.54 Å². The van der Waals surface area contributed by atoms with Gasteiger partial charge in [-0.2, -0.15) is 0 Å². The van der Waals surface area contributed by atoms with E-state index in [9.17, 15) is 0 Å². The first-order chi connectivity index (χ1) is 8.72. The summed E-state index contributed by atoms with van der Waals surface area (Å²) in [6.45, 7) is 7.59. The van der Waals surface area contributed by atoms with E-state index in [1.54, 1.807) is 0 Å². The molecule has 0 amide bonds. The lowest BCUT2D eigenvalue weighted by molar-refractivity contribution is 0.173. The Morgan fingerprint density at radius 3 is 2.89 bits per heavy atom. The largest absolute Gasteiger partial charge is 0.489 e. The highest BCUT2D eigenvalue weighted by atomic mass is 16.5. The molecule has 100 valence electrons. The van der Waals surface area contributed by atoms with Crippen LogP contribution in [0.25, 0.3) is 0 Å². The van der Waals surface area contributed by atoms with Crippen molar-refractivity contribution in [1.29, 1.82) is 0 Å². The Kier molecular flexibility index (Phi) is 4.65. The van der Waals surface area contributed by atoms with Gasteiger partial charge in [0.05, 0.1) is 0 Å². The van der Waals surface area contributed by atoms with Gasteiger partial charge in [-0.1, -0.05) is 19.1 Å². The second-order valence-electron chi connectivity index (χ2n) is 5.35. The van der Waals surface area contributed by atoms with Crippen molar-refractivity contribution in [2.45, 2.75) is 58.6 Å². The summed E-state index contributed by atoms with van der Waals surface area (Å²) in [4.78, 5) is 0. The molecule has 0 bridgehead atoms. The van der Waals surface area contributed by atoms with Gasteiger partial charge in [-0.15, -0.1) is 0 Å². The highest BCUT2D eigenvalue weighted by Gasteiger charge is 2.28. The molecule has 0 radical (unpaired) electrons. The molecule has 2 nitrogen and oxygen atoms in total. The van der Waals surface area contributed by atoms with Crippen LogP contribution in [0.15, 0.2) is 18.2 Å². The molecule has 2 heteroatoms. The zero-order valence-corrected chi connectivity index (χ0v) is 11.8. The van der Waals surface area contributed by atoms with E-state index in [-0.39, 0.29) is 0 Å². The minimum absolute atomic E-state index is 0.344. The number of hydrogen-bond acceptors (Lipinski definition) is 2. The number of ether oxygens (including phenoxy) is 1. The summed E-state index contributed by atoms with van der Waals surface area (Å²) in [5, 5.41) is 3.61. The molecule has 0 heterocycles. The second kappa shape index (κ2) is 6.24. The van der Waals surface area contributed by atoms with Crippen LogP contribution in [0.1, 0.15) is 43.7 Å². The van der Waals surface area contributed by atoms with Crippen molar-refractivity contribution in [3.8, 4) is 5.75 Å². The van der Waals surface area contributed by atoms with Gasteiger partial charge in [-0.05, 0) is 63.3 Å². The highest BCUT2D eigenvalue weighted by Crippen LogP contribution is 2.28. The molecule has 0 aromatic heterocycles. The van der Waals surface area contributed by atoms with Crippen molar-refractivity contribution >= 4 is 0 Å². The number of rotatable bonds is 5. The Bertz CT molecular complexity index is 389. The van der Waals surface area contributed by atoms with Gasteiger partial charge in [0.25, 0.3) is 0 Å². The first-order valence-electron chi connectivity index (χ1n) is 7.18. The van der Waals surface area contributed by atoms with Crippen LogP contribution >= 0.6 is 0 Å². The maximum Gasteiger partial charge on any atom is 0.122 e. The van der Waals surface area contributed by atoms with E-state index in [4.69, 9.17) is 4.74 Å². The topological polar surface area (TPSA) is 21.3 Å². The third-order valence-corrected chi connectivity index (χ3v) is 3.94. The maximum absolute atomic E-state index is 6.23. The van der Waals surface area contributed by atoms with E-state index in [2.05, 4.69) is 44.3 Å². The van der Waals surface area contributed by atoms with Gasteiger partial charge in [-0.3, -0.25) is 0 Å². The molecule has 2 unspecified atom stereocenters. The number of aryl methyl sites for hydroxylation is 1. The van der Waals surface area contributed by atoms with E-state index < -0.39 is 0 Å². The third-order valence-electron chi connectivity index (χ3n) is 3.94. The summed E-state index contributed by atoms with van der Waals surface area (Å²) < 4.78 is 6.23. The van der Waals surface area contributed by atoms with Gasteiger partial charge >= 0.3 is 0 Å². The molecule has 1 fully saturated rings. The summed E-state index contributed by atoms with van der Waals surface area (Å²) in [7, 11) is 0. The SMILES string of the molecule is CCCNC1CCCC1Oc1cccc(C)c1C.